The fourth-order valence-corrected chi connectivity index (χ4v) is 5.19. The van der Waals surface area contributed by atoms with Crippen LogP contribution in [0.15, 0.2) is 0 Å². The van der Waals surface area contributed by atoms with E-state index in [4.69, 9.17) is 5.73 Å². The van der Waals surface area contributed by atoms with Crippen molar-refractivity contribution < 1.29 is 4.79 Å². The zero-order valence-electron chi connectivity index (χ0n) is 11.5. The fourth-order valence-electron chi connectivity index (χ4n) is 5.19. The average molecular weight is 250 g/mol. The number of rotatable bonds is 4. The first-order valence-corrected chi connectivity index (χ1v) is 7.66. The molecule has 4 aliphatic carbocycles. The second-order valence-electron chi connectivity index (χ2n) is 7.05. The largest absolute Gasteiger partial charge is 0.355 e. The minimum Gasteiger partial charge on any atom is -0.355 e. The molecule has 0 aromatic heterocycles. The van der Waals surface area contributed by atoms with Crippen molar-refractivity contribution in [2.45, 2.75) is 57.9 Å². The van der Waals surface area contributed by atoms with Crippen molar-refractivity contribution in [2.75, 3.05) is 6.54 Å². The van der Waals surface area contributed by atoms with E-state index < -0.39 is 0 Å². The van der Waals surface area contributed by atoms with E-state index in [1.165, 1.54) is 38.5 Å². The van der Waals surface area contributed by atoms with Gasteiger partial charge in [0.15, 0.2) is 0 Å². The van der Waals surface area contributed by atoms with Gasteiger partial charge < -0.3 is 11.1 Å². The molecule has 0 aromatic rings. The van der Waals surface area contributed by atoms with Crippen molar-refractivity contribution in [1.82, 2.24) is 5.32 Å². The van der Waals surface area contributed by atoms with E-state index in [-0.39, 0.29) is 17.4 Å². The molecule has 0 aliphatic heterocycles. The van der Waals surface area contributed by atoms with Gasteiger partial charge in [0, 0.05) is 6.54 Å². The summed E-state index contributed by atoms with van der Waals surface area (Å²) in [4.78, 5) is 12.2. The lowest BCUT2D eigenvalue weighted by Crippen LogP contribution is -2.59. The molecule has 1 unspecified atom stereocenters. The first-order valence-electron chi connectivity index (χ1n) is 7.66. The Hall–Kier alpha value is -0.570. The van der Waals surface area contributed by atoms with Crippen molar-refractivity contribution in [3.05, 3.63) is 0 Å². The molecule has 4 bridgehead atoms. The highest BCUT2D eigenvalue weighted by molar-refractivity contribution is 5.82. The number of amides is 1. The molecule has 3 nitrogen and oxygen atoms in total. The first kappa shape index (κ1) is 12.5. The van der Waals surface area contributed by atoms with Gasteiger partial charge in [0.2, 0.25) is 5.91 Å². The summed E-state index contributed by atoms with van der Waals surface area (Å²) >= 11 is 0. The lowest BCUT2D eigenvalue weighted by Gasteiger charge is -2.58. The molecule has 3 heteroatoms. The minimum absolute atomic E-state index is 0.0961. The van der Waals surface area contributed by atoms with E-state index in [0.29, 0.717) is 0 Å². The van der Waals surface area contributed by atoms with Gasteiger partial charge in [0.1, 0.15) is 0 Å². The maximum Gasteiger partial charge on any atom is 0.237 e. The zero-order chi connectivity index (χ0) is 12.8. The third kappa shape index (κ3) is 1.97. The van der Waals surface area contributed by atoms with Crippen LogP contribution in [0.3, 0.4) is 0 Å². The fraction of sp³-hybridized carbons (Fsp3) is 0.933. The number of carbonyl (C=O) groups is 1. The van der Waals surface area contributed by atoms with Crippen molar-refractivity contribution in [3.63, 3.8) is 0 Å². The molecule has 0 saturated heterocycles. The number of carbonyl (C=O) groups excluding carboxylic acids is 1. The molecule has 18 heavy (non-hydrogen) atoms. The molecular weight excluding hydrogens is 224 g/mol. The van der Waals surface area contributed by atoms with Crippen LogP contribution in [0, 0.1) is 23.2 Å². The van der Waals surface area contributed by atoms with Gasteiger partial charge in [0.05, 0.1) is 6.04 Å². The predicted octanol–water partition coefficient (Wildman–Crippen LogP) is 2.06. The highest BCUT2D eigenvalue weighted by Gasteiger charge is 2.54. The predicted molar refractivity (Wildman–Crippen MR) is 71.9 cm³/mol. The van der Waals surface area contributed by atoms with Crippen LogP contribution in [0.1, 0.15) is 51.9 Å². The summed E-state index contributed by atoms with van der Waals surface area (Å²) in [6.45, 7) is 2.84. The Morgan fingerprint density at radius 2 is 1.72 bits per heavy atom. The molecule has 102 valence electrons. The maximum absolute atomic E-state index is 12.2. The summed E-state index contributed by atoms with van der Waals surface area (Å²) in [6, 6.07) is -0.266. The van der Waals surface area contributed by atoms with Gasteiger partial charge in [-0.1, -0.05) is 6.92 Å². The van der Waals surface area contributed by atoms with Gasteiger partial charge >= 0.3 is 0 Å². The summed E-state index contributed by atoms with van der Waals surface area (Å²) in [5.41, 5.74) is 6.49. The SMILES string of the molecule is CCCNC(=O)C(N)C12CC3CC(CC(C3)C1)C2. The molecule has 4 aliphatic rings. The van der Waals surface area contributed by atoms with Gasteiger partial charge in [-0.25, -0.2) is 0 Å². The third-order valence-electron chi connectivity index (χ3n) is 5.58. The van der Waals surface area contributed by atoms with Crippen LogP contribution in [0.5, 0.6) is 0 Å². The zero-order valence-corrected chi connectivity index (χ0v) is 11.5. The van der Waals surface area contributed by atoms with Crippen molar-refractivity contribution in [2.24, 2.45) is 28.9 Å². The molecule has 1 atom stereocenters. The molecule has 0 radical (unpaired) electrons. The molecule has 0 aromatic carbocycles. The van der Waals surface area contributed by atoms with E-state index in [9.17, 15) is 4.79 Å². The number of hydrogen-bond donors (Lipinski definition) is 2. The van der Waals surface area contributed by atoms with Gasteiger partial charge in [-0.15, -0.1) is 0 Å². The van der Waals surface area contributed by atoms with Gasteiger partial charge in [-0.3, -0.25) is 4.79 Å². The van der Waals surface area contributed by atoms with Crippen molar-refractivity contribution in [3.8, 4) is 0 Å². The average Bonchev–Trinajstić information content (AvgIpc) is 2.33. The van der Waals surface area contributed by atoms with E-state index in [1.54, 1.807) is 0 Å². The van der Waals surface area contributed by atoms with Crippen LogP contribution in [0.25, 0.3) is 0 Å². The Morgan fingerprint density at radius 3 is 2.17 bits per heavy atom. The Labute approximate surface area is 110 Å². The van der Waals surface area contributed by atoms with Gasteiger partial charge in [-0.05, 0) is 68.1 Å². The summed E-state index contributed by atoms with van der Waals surface area (Å²) in [5.74, 6) is 2.68. The van der Waals surface area contributed by atoms with Crippen molar-refractivity contribution in [1.29, 1.82) is 0 Å². The Kier molecular flexibility index (Phi) is 3.13. The van der Waals surface area contributed by atoms with Crippen LogP contribution in [0.4, 0.5) is 0 Å². The summed E-state index contributed by atoms with van der Waals surface area (Å²) in [6.07, 6.45) is 8.83. The topological polar surface area (TPSA) is 55.1 Å². The molecule has 0 spiro atoms. The summed E-state index contributed by atoms with van der Waals surface area (Å²) in [5, 5.41) is 2.99. The van der Waals surface area contributed by atoms with Crippen LogP contribution in [-0.4, -0.2) is 18.5 Å². The lowest BCUT2D eigenvalue weighted by atomic mass is 9.47. The molecule has 4 rings (SSSR count). The molecule has 1 amide bonds. The smallest absolute Gasteiger partial charge is 0.237 e. The summed E-state index contributed by atoms with van der Waals surface area (Å²) < 4.78 is 0. The van der Waals surface area contributed by atoms with Crippen LogP contribution in [0.2, 0.25) is 0 Å². The molecule has 0 heterocycles. The minimum atomic E-state index is -0.266. The standard InChI is InChI=1S/C15H26N2O/c1-2-3-17-14(18)13(16)15-7-10-4-11(8-15)6-12(5-10)9-15/h10-13H,2-9,16H2,1H3,(H,17,18). The second kappa shape index (κ2) is 4.52. The molecule has 4 saturated carbocycles. The number of hydrogen-bond acceptors (Lipinski definition) is 2. The lowest BCUT2D eigenvalue weighted by molar-refractivity contribution is -0.132. The number of nitrogens with two attached hydrogens (primary N) is 1. The molecule has 3 N–H and O–H groups in total. The van der Waals surface area contributed by atoms with Crippen LogP contribution >= 0.6 is 0 Å². The van der Waals surface area contributed by atoms with Crippen LogP contribution < -0.4 is 11.1 Å². The second-order valence-corrected chi connectivity index (χ2v) is 7.05. The maximum atomic E-state index is 12.2. The quantitative estimate of drug-likeness (QED) is 0.802. The summed E-state index contributed by atoms with van der Waals surface area (Å²) in [7, 11) is 0. The van der Waals surface area contributed by atoms with Gasteiger partial charge in [-0.2, -0.15) is 0 Å². The van der Waals surface area contributed by atoms with E-state index in [1.807, 2.05) is 0 Å². The van der Waals surface area contributed by atoms with Gasteiger partial charge in [0.25, 0.3) is 0 Å². The third-order valence-corrected chi connectivity index (χ3v) is 5.58. The monoisotopic (exact) mass is 250 g/mol. The van der Waals surface area contributed by atoms with Crippen molar-refractivity contribution >= 4 is 5.91 Å². The Bertz CT molecular complexity index is 304. The van der Waals surface area contributed by atoms with E-state index in [0.717, 1.165) is 30.7 Å². The number of nitrogens with one attached hydrogen (secondary N) is 1. The normalized spacial score (nSPS) is 42.9. The highest BCUT2D eigenvalue weighted by Crippen LogP contribution is 2.60. The van der Waals surface area contributed by atoms with E-state index in [2.05, 4.69) is 12.2 Å². The Morgan fingerprint density at radius 1 is 1.22 bits per heavy atom. The highest BCUT2D eigenvalue weighted by atomic mass is 16.2. The van der Waals surface area contributed by atoms with E-state index >= 15 is 0 Å². The van der Waals surface area contributed by atoms with Crippen LogP contribution in [-0.2, 0) is 4.79 Å². The molecular formula is C15H26N2O. The first-order chi connectivity index (χ1) is 8.63. The Balaban J connectivity index is 1.72. The molecule has 4 fully saturated rings.